The van der Waals surface area contributed by atoms with Crippen molar-refractivity contribution < 1.29 is 9.53 Å². The van der Waals surface area contributed by atoms with Gasteiger partial charge in [-0.25, -0.2) is 0 Å². The number of ether oxygens (including phenoxy) is 1. The molecule has 3 rings (SSSR count). The van der Waals surface area contributed by atoms with Crippen LogP contribution in [-0.4, -0.2) is 12.5 Å². The first-order valence-corrected chi connectivity index (χ1v) is 8.30. The van der Waals surface area contributed by atoms with E-state index in [4.69, 9.17) is 4.74 Å². The molecule has 2 aromatic rings. The van der Waals surface area contributed by atoms with Crippen LogP contribution in [-0.2, 0) is 17.6 Å². The number of amides is 1. The number of carbonyl (C=O) groups is 1. The molecule has 0 bridgehead atoms. The zero-order chi connectivity index (χ0) is 15.4. The Bertz CT molecular complexity index is 667. The third-order valence-electron chi connectivity index (χ3n) is 3.84. The summed E-state index contributed by atoms with van der Waals surface area (Å²) in [6.07, 6.45) is 4.58. The van der Waals surface area contributed by atoms with Gasteiger partial charge in [0.1, 0.15) is 5.75 Å². The number of halogens is 1. The van der Waals surface area contributed by atoms with Gasteiger partial charge >= 0.3 is 0 Å². The largest absolute Gasteiger partial charge is 0.483 e. The summed E-state index contributed by atoms with van der Waals surface area (Å²) in [6, 6.07) is 13.6. The molecule has 1 amide bonds. The van der Waals surface area contributed by atoms with Gasteiger partial charge in [0, 0.05) is 10.2 Å². The summed E-state index contributed by atoms with van der Waals surface area (Å²) < 4.78 is 6.72. The molecule has 0 saturated heterocycles. The topological polar surface area (TPSA) is 38.3 Å². The van der Waals surface area contributed by atoms with Gasteiger partial charge in [0.2, 0.25) is 0 Å². The van der Waals surface area contributed by atoms with Gasteiger partial charge in [-0.15, -0.1) is 0 Å². The molecule has 0 unspecified atom stereocenters. The van der Waals surface area contributed by atoms with Crippen molar-refractivity contribution in [3.05, 3.63) is 58.1 Å². The second kappa shape index (κ2) is 6.97. The van der Waals surface area contributed by atoms with Crippen LogP contribution in [0.4, 0.5) is 5.69 Å². The third-order valence-corrected chi connectivity index (χ3v) is 4.37. The van der Waals surface area contributed by atoms with Gasteiger partial charge in [-0.2, -0.15) is 0 Å². The number of benzene rings is 2. The van der Waals surface area contributed by atoms with Crippen LogP contribution >= 0.6 is 15.9 Å². The quantitative estimate of drug-likeness (QED) is 0.881. The summed E-state index contributed by atoms with van der Waals surface area (Å²) >= 11 is 3.37. The van der Waals surface area contributed by atoms with Crippen molar-refractivity contribution in [2.24, 2.45) is 0 Å². The minimum atomic E-state index is -0.143. The second-order valence-electron chi connectivity index (χ2n) is 5.44. The zero-order valence-electron chi connectivity index (χ0n) is 12.3. The van der Waals surface area contributed by atoms with E-state index < -0.39 is 0 Å². The molecule has 0 heterocycles. The van der Waals surface area contributed by atoms with Crippen LogP contribution < -0.4 is 10.1 Å². The van der Waals surface area contributed by atoms with Gasteiger partial charge in [0.15, 0.2) is 6.61 Å². The lowest BCUT2D eigenvalue weighted by Crippen LogP contribution is -2.21. The highest BCUT2D eigenvalue weighted by Gasteiger charge is 2.14. The van der Waals surface area contributed by atoms with E-state index in [9.17, 15) is 4.79 Å². The fourth-order valence-corrected chi connectivity index (χ4v) is 3.02. The molecule has 0 aromatic heterocycles. The lowest BCUT2D eigenvalue weighted by Gasteiger charge is -2.19. The van der Waals surface area contributed by atoms with E-state index in [0.29, 0.717) is 0 Å². The number of nitrogens with one attached hydrogen (secondary N) is 1. The molecule has 1 aliphatic rings. The first-order chi connectivity index (χ1) is 10.7. The number of carbonyl (C=O) groups excluding carboxylic acids is 1. The van der Waals surface area contributed by atoms with Crippen molar-refractivity contribution in [3.63, 3.8) is 0 Å². The smallest absolute Gasteiger partial charge is 0.262 e. The Balaban J connectivity index is 1.60. The maximum Gasteiger partial charge on any atom is 0.262 e. The van der Waals surface area contributed by atoms with Gasteiger partial charge in [-0.3, -0.25) is 4.79 Å². The lowest BCUT2D eigenvalue weighted by atomic mass is 9.91. The SMILES string of the molecule is O=C(COc1cccc2c1CCCC2)Nc1ccc(Br)cc1. The van der Waals surface area contributed by atoms with Crippen LogP contribution in [0.1, 0.15) is 24.0 Å². The maximum atomic E-state index is 12.0. The highest BCUT2D eigenvalue weighted by atomic mass is 79.9. The van der Waals surface area contributed by atoms with Gasteiger partial charge in [-0.1, -0.05) is 28.1 Å². The first-order valence-electron chi connectivity index (χ1n) is 7.51. The van der Waals surface area contributed by atoms with Crippen LogP contribution in [0.15, 0.2) is 46.9 Å². The highest BCUT2D eigenvalue weighted by molar-refractivity contribution is 9.10. The minimum Gasteiger partial charge on any atom is -0.483 e. The van der Waals surface area contributed by atoms with Crippen molar-refractivity contribution in [2.75, 3.05) is 11.9 Å². The fraction of sp³-hybridized carbons (Fsp3) is 0.278. The van der Waals surface area contributed by atoms with Gasteiger partial charge < -0.3 is 10.1 Å². The van der Waals surface area contributed by atoms with Crippen LogP contribution in [0, 0.1) is 0 Å². The predicted octanol–water partition coefficient (Wildman–Crippen LogP) is 4.35. The third kappa shape index (κ3) is 3.69. The first kappa shape index (κ1) is 15.1. The Morgan fingerprint density at radius 1 is 1.09 bits per heavy atom. The Morgan fingerprint density at radius 2 is 1.86 bits per heavy atom. The number of anilines is 1. The molecule has 0 radical (unpaired) electrons. The van der Waals surface area contributed by atoms with Crippen molar-refractivity contribution in [1.29, 1.82) is 0 Å². The molecule has 1 N–H and O–H groups in total. The number of aryl methyl sites for hydroxylation is 1. The van der Waals surface area contributed by atoms with E-state index in [-0.39, 0.29) is 12.5 Å². The summed E-state index contributed by atoms with van der Waals surface area (Å²) in [5.41, 5.74) is 3.40. The molecule has 0 saturated carbocycles. The van der Waals surface area contributed by atoms with Crippen LogP contribution in [0.5, 0.6) is 5.75 Å². The molecule has 3 nitrogen and oxygen atoms in total. The Hall–Kier alpha value is -1.81. The molecule has 4 heteroatoms. The summed E-state index contributed by atoms with van der Waals surface area (Å²) in [5.74, 6) is 0.707. The van der Waals surface area contributed by atoms with E-state index >= 15 is 0 Å². The molecule has 114 valence electrons. The summed E-state index contributed by atoms with van der Waals surface area (Å²) in [5, 5.41) is 2.83. The highest BCUT2D eigenvalue weighted by Crippen LogP contribution is 2.29. The second-order valence-corrected chi connectivity index (χ2v) is 6.36. The Morgan fingerprint density at radius 3 is 2.68 bits per heavy atom. The van der Waals surface area contributed by atoms with E-state index in [1.54, 1.807) is 0 Å². The molecule has 2 aromatic carbocycles. The van der Waals surface area contributed by atoms with Gasteiger partial charge in [0.05, 0.1) is 0 Å². The maximum absolute atomic E-state index is 12.0. The average molecular weight is 360 g/mol. The molecular formula is C18H18BrNO2. The predicted molar refractivity (Wildman–Crippen MR) is 91.4 cm³/mol. The lowest BCUT2D eigenvalue weighted by molar-refractivity contribution is -0.118. The molecule has 22 heavy (non-hydrogen) atoms. The van der Waals surface area contributed by atoms with Crippen LogP contribution in [0.2, 0.25) is 0 Å². The van der Waals surface area contributed by atoms with Crippen molar-refractivity contribution in [1.82, 2.24) is 0 Å². The fourth-order valence-electron chi connectivity index (χ4n) is 2.76. The molecule has 1 aliphatic carbocycles. The van der Waals surface area contributed by atoms with E-state index in [1.807, 2.05) is 36.4 Å². The molecule has 0 spiro atoms. The summed E-state index contributed by atoms with van der Waals surface area (Å²) in [7, 11) is 0. The summed E-state index contributed by atoms with van der Waals surface area (Å²) in [6.45, 7) is 0.0342. The van der Waals surface area contributed by atoms with E-state index in [2.05, 4.69) is 27.3 Å². The van der Waals surface area contributed by atoms with Gasteiger partial charge in [-0.05, 0) is 67.1 Å². The van der Waals surface area contributed by atoms with Crippen LogP contribution in [0.25, 0.3) is 0 Å². The molecule has 0 atom stereocenters. The summed E-state index contributed by atoms with van der Waals surface area (Å²) in [4.78, 5) is 12.0. The molecule has 0 fully saturated rings. The normalized spacial score (nSPS) is 13.3. The Kier molecular flexibility index (Phi) is 4.78. The number of fused-ring (bicyclic) bond motifs is 1. The zero-order valence-corrected chi connectivity index (χ0v) is 13.9. The molecule has 0 aliphatic heterocycles. The average Bonchev–Trinajstić information content (AvgIpc) is 2.55. The number of hydrogen-bond acceptors (Lipinski definition) is 2. The minimum absolute atomic E-state index is 0.0342. The number of hydrogen-bond donors (Lipinski definition) is 1. The molecular weight excluding hydrogens is 342 g/mol. The standard InChI is InChI=1S/C18H18BrNO2/c19-14-8-10-15(11-9-14)20-18(21)12-22-17-7-3-5-13-4-1-2-6-16(13)17/h3,5,7-11H,1-2,4,6,12H2,(H,20,21). The monoisotopic (exact) mass is 359 g/mol. The van der Waals surface area contributed by atoms with Crippen molar-refractivity contribution in [2.45, 2.75) is 25.7 Å². The number of rotatable bonds is 4. The van der Waals surface area contributed by atoms with Crippen molar-refractivity contribution in [3.8, 4) is 5.75 Å². The van der Waals surface area contributed by atoms with Crippen LogP contribution in [0.3, 0.4) is 0 Å². The van der Waals surface area contributed by atoms with Crippen molar-refractivity contribution >= 4 is 27.5 Å². The van der Waals surface area contributed by atoms with Gasteiger partial charge in [0.25, 0.3) is 5.91 Å². The van der Waals surface area contributed by atoms with E-state index in [1.165, 1.54) is 24.0 Å². The van der Waals surface area contributed by atoms with E-state index in [0.717, 1.165) is 28.8 Å². The Labute approximate surface area is 138 Å².